The van der Waals surface area contributed by atoms with Crippen LogP contribution in [0.4, 0.5) is 11.4 Å². The molecule has 0 spiro atoms. The lowest BCUT2D eigenvalue weighted by molar-refractivity contribution is -0.384. The number of hydrogen-bond donors (Lipinski definition) is 1. The Balaban J connectivity index is 1.35. The van der Waals surface area contributed by atoms with E-state index >= 15 is 0 Å². The van der Waals surface area contributed by atoms with Gasteiger partial charge in [0.1, 0.15) is 10.8 Å². The maximum atomic E-state index is 12.7. The molecule has 5 rings (SSSR count). The van der Waals surface area contributed by atoms with Gasteiger partial charge in [-0.2, -0.15) is 9.61 Å². The number of benzene rings is 2. The summed E-state index contributed by atoms with van der Waals surface area (Å²) in [6.45, 7) is 3.73. The third-order valence-electron chi connectivity index (χ3n) is 5.04. The summed E-state index contributed by atoms with van der Waals surface area (Å²) in [5.74, 6) is 0.770. The number of anilines is 1. The van der Waals surface area contributed by atoms with E-state index in [-0.39, 0.29) is 11.4 Å². The first kappa shape index (κ1) is 20.5. The summed E-state index contributed by atoms with van der Waals surface area (Å²) in [4.78, 5) is 24.0. The molecule has 164 valence electrons. The first-order valence-corrected chi connectivity index (χ1v) is 10.7. The summed E-state index contributed by atoms with van der Waals surface area (Å²) in [5.41, 5.74) is 2.87. The van der Waals surface area contributed by atoms with Gasteiger partial charge in [0, 0.05) is 28.9 Å². The first-order chi connectivity index (χ1) is 15.9. The second-order valence-electron chi connectivity index (χ2n) is 7.30. The van der Waals surface area contributed by atoms with Gasteiger partial charge in [-0.15, -0.1) is 10.2 Å². The van der Waals surface area contributed by atoms with Crippen LogP contribution in [0.15, 0.2) is 59.0 Å². The minimum absolute atomic E-state index is 0.0504. The third-order valence-corrected chi connectivity index (χ3v) is 5.99. The molecule has 0 bridgehead atoms. The molecular weight excluding hydrogens is 444 g/mol. The number of nitro groups is 1. The van der Waals surface area contributed by atoms with E-state index in [4.69, 9.17) is 4.42 Å². The fourth-order valence-corrected chi connectivity index (χ4v) is 4.22. The minimum atomic E-state index is -0.478. The van der Waals surface area contributed by atoms with E-state index in [1.165, 1.54) is 29.5 Å². The van der Waals surface area contributed by atoms with E-state index in [0.717, 1.165) is 26.9 Å². The van der Waals surface area contributed by atoms with Crippen LogP contribution in [0.5, 0.6) is 0 Å². The quantitative estimate of drug-likeness (QED) is 0.292. The van der Waals surface area contributed by atoms with Crippen molar-refractivity contribution in [3.05, 3.63) is 81.9 Å². The SMILES string of the molecule is Cc1cc(-c2nn3c(C)nnc3s2)ccc1NC(=O)c1ccc(-c2cccc([N+](=O)[O-])c2)o1. The number of amides is 1. The standard InChI is InChI=1S/C22H16N6O4S/c1-12-10-15(21-26-27-13(2)24-25-22(27)33-21)6-7-17(12)23-20(29)19-9-8-18(32-19)14-4-3-5-16(11-14)28(30)31/h3-11H,1-2H3,(H,23,29). The van der Waals surface area contributed by atoms with Gasteiger partial charge in [0.2, 0.25) is 4.96 Å². The normalized spacial score (nSPS) is 11.1. The van der Waals surface area contributed by atoms with Crippen molar-refractivity contribution in [3.8, 4) is 21.9 Å². The van der Waals surface area contributed by atoms with Crippen molar-refractivity contribution >= 4 is 33.6 Å². The number of hydrogen-bond acceptors (Lipinski definition) is 8. The van der Waals surface area contributed by atoms with Crippen LogP contribution in [0.3, 0.4) is 0 Å². The molecule has 0 atom stereocenters. The topological polar surface area (TPSA) is 128 Å². The number of furan rings is 1. The number of nitrogens with zero attached hydrogens (tertiary/aromatic N) is 5. The van der Waals surface area contributed by atoms with Gasteiger partial charge in [0.25, 0.3) is 11.6 Å². The zero-order valence-electron chi connectivity index (χ0n) is 17.5. The Hall–Kier alpha value is -4.38. The zero-order valence-corrected chi connectivity index (χ0v) is 18.3. The molecule has 0 radical (unpaired) electrons. The van der Waals surface area contributed by atoms with Gasteiger partial charge in [0.05, 0.1) is 4.92 Å². The van der Waals surface area contributed by atoms with E-state index < -0.39 is 10.8 Å². The molecule has 11 heteroatoms. The largest absolute Gasteiger partial charge is 0.451 e. The summed E-state index contributed by atoms with van der Waals surface area (Å²) in [6.07, 6.45) is 0. The van der Waals surface area contributed by atoms with E-state index in [0.29, 0.717) is 17.0 Å². The van der Waals surface area contributed by atoms with Crippen LogP contribution in [-0.2, 0) is 0 Å². The van der Waals surface area contributed by atoms with Crippen molar-refractivity contribution < 1.29 is 14.1 Å². The van der Waals surface area contributed by atoms with Gasteiger partial charge < -0.3 is 9.73 Å². The maximum Gasteiger partial charge on any atom is 0.291 e. The highest BCUT2D eigenvalue weighted by molar-refractivity contribution is 7.19. The number of nitro benzene ring substituents is 1. The summed E-state index contributed by atoms with van der Waals surface area (Å²) >= 11 is 1.43. The fraction of sp³-hybridized carbons (Fsp3) is 0.0909. The van der Waals surface area contributed by atoms with Crippen molar-refractivity contribution in [2.45, 2.75) is 13.8 Å². The fourth-order valence-electron chi connectivity index (χ4n) is 3.34. The molecule has 5 aromatic rings. The number of carbonyl (C=O) groups excluding carboxylic acids is 1. The summed E-state index contributed by atoms with van der Waals surface area (Å²) in [7, 11) is 0. The van der Waals surface area contributed by atoms with Crippen LogP contribution in [-0.4, -0.2) is 30.6 Å². The van der Waals surface area contributed by atoms with Crippen molar-refractivity contribution in [2.75, 3.05) is 5.32 Å². The highest BCUT2D eigenvalue weighted by Gasteiger charge is 2.16. The molecular formula is C22H16N6O4S. The van der Waals surface area contributed by atoms with Gasteiger partial charge in [-0.3, -0.25) is 14.9 Å². The van der Waals surface area contributed by atoms with E-state index in [1.54, 1.807) is 22.7 Å². The van der Waals surface area contributed by atoms with Crippen LogP contribution < -0.4 is 5.32 Å². The molecule has 1 N–H and O–H groups in total. The molecule has 1 amide bonds. The van der Waals surface area contributed by atoms with Crippen LogP contribution in [0, 0.1) is 24.0 Å². The van der Waals surface area contributed by atoms with Crippen molar-refractivity contribution in [1.29, 1.82) is 0 Å². The number of aryl methyl sites for hydroxylation is 2. The zero-order chi connectivity index (χ0) is 23.1. The van der Waals surface area contributed by atoms with Gasteiger partial charge >= 0.3 is 0 Å². The van der Waals surface area contributed by atoms with Gasteiger partial charge in [0.15, 0.2) is 11.6 Å². The summed E-state index contributed by atoms with van der Waals surface area (Å²) < 4.78 is 7.34. The minimum Gasteiger partial charge on any atom is -0.451 e. The molecule has 0 aliphatic heterocycles. The summed E-state index contributed by atoms with van der Waals surface area (Å²) in [5, 5.41) is 27.3. The second-order valence-corrected chi connectivity index (χ2v) is 8.26. The Morgan fingerprint density at radius 2 is 1.94 bits per heavy atom. The number of aromatic nitrogens is 4. The molecule has 3 heterocycles. The number of non-ortho nitro benzene ring substituents is 1. The van der Waals surface area contributed by atoms with Gasteiger partial charge in [-0.25, -0.2) is 0 Å². The molecule has 2 aromatic carbocycles. The second kappa shape index (κ2) is 7.95. The molecule has 33 heavy (non-hydrogen) atoms. The first-order valence-electron chi connectivity index (χ1n) is 9.85. The van der Waals surface area contributed by atoms with Crippen molar-refractivity contribution in [3.63, 3.8) is 0 Å². The average Bonchev–Trinajstić information content (AvgIpc) is 3.53. The smallest absolute Gasteiger partial charge is 0.291 e. The Bertz CT molecular complexity index is 1530. The highest BCUT2D eigenvalue weighted by Crippen LogP contribution is 2.30. The van der Waals surface area contributed by atoms with E-state index in [9.17, 15) is 14.9 Å². The molecule has 0 saturated carbocycles. The molecule has 0 unspecified atom stereocenters. The summed E-state index contributed by atoms with van der Waals surface area (Å²) in [6, 6.07) is 14.8. The monoisotopic (exact) mass is 460 g/mol. The number of rotatable bonds is 5. The Morgan fingerprint density at radius 3 is 2.70 bits per heavy atom. The van der Waals surface area contributed by atoms with Crippen LogP contribution >= 0.6 is 11.3 Å². The Morgan fingerprint density at radius 1 is 1.09 bits per heavy atom. The van der Waals surface area contributed by atoms with Crippen molar-refractivity contribution in [1.82, 2.24) is 19.8 Å². The van der Waals surface area contributed by atoms with Crippen molar-refractivity contribution in [2.24, 2.45) is 0 Å². The van der Waals surface area contributed by atoms with E-state index in [2.05, 4.69) is 20.6 Å². The molecule has 0 aliphatic carbocycles. The van der Waals surface area contributed by atoms with Gasteiger partial charge in [-0.1, -0.05) is 23.5 Å². The van der Waals surface area contributed by atoms with Crippen LogP contribution in [0.1, 0.15) is 21.9 Å². The number of carbonyl (C=O) groups is 1. The Labute approximate surface area is 190 Å². The lowest BCUT2D eigenvalue weighted by atomic mass is 10.1. The lowest BCUT2D eigenvalue weighted by Gasteiger charge is -2.08. The molecule has 10 nitrogen and oxygen atoms in total. The average molecular weight is 460 g/mol. The third kappa shape index (κ3) is 3.85. The lowest BCUT2D eigenvalue weighted by Crippen LogP contribution is -2.11. The van der Waals surface area contributed by atoms with E-state index in [1.807, 2.05) is 32.0 Å². The van der Waals surface area contributed by atoms with Crippen LogP contribution in [0.25, 0.3) is 26.9 Å². The predicted molar refractivity (Wildman–Crippen MR) is 122 cm³/mol. The highest BCUT2D eigenvalue weighted by atomic mass is 32.1. The Kier molecular flexibility index (Phi) is 4.94. The molecule has 0 aliphatic rings. The molecule has 0 fully saturated rings. The predicted octanol–water partition coefficient (Wildman–Crippen LogP) is 4.89. The van der Waals surface area contributed by atoms with Gasteiger partial charge in [-0.05, 0) is 49.7 Å². The maximum absolute atomic E-state index is 12.7. The number of fused-ring (bicyclic) bond motifs is 1. The molecule has 3 aromatic heterocycles. The van der Waals surface area contributed by atoms with Crippen LogP contribution in [0.2, 0.25) is 0 Å². The molecule has 0 saturated heterocycles. The number of nitrogens with one attached hydrogen (secondary N) is 1.